The lowest BCUT2D eigenvalue weighted by Crippen LogP contribution is -2.50. The Morgan fingerprint density at radius 1 is 1.15 bits per heavy atom. The molecule has 0 radical (unpaired) electrons. The number of amides is 1. The number of piperidine rings is 1. The van der Waals surface area contributed by atoms with Crippen molar-refractivity contribution < 1.29 is 19.0 Å². The van der Waals surface area contributed by atoms with Crippen LogP contribution in [0, 0.1) is 0 Å². The number of carbonyl (C=O) groups excluding carboxylic acids is 1. The summed E-state index contributed by atoms with van der Waals surface area (Å²) in [6.07, 6.45) is 5.61. The minimum absolute atomic E-state index is 0.146. The molecule has 1 aromatic carbocycles. The second kappa shape index (κ2) is 8.86. The Morgan fingerprint density at radius 2 is 1.88 bits per heavy atom. The van der Waals surface area contributed by atoms with E-state index in [1.165, 1.54) is 18.4 Å². The normalized spacial score (nSPS) is 26.6. The summed E-state index contributed by atoms with van der Waals surface area (Å²) >= 11 is 0. The zero-order valence-electron chi connectivity index (χ0n) is 19.6. The minimum atomic E-state index is -0.468. The molecule has 7 heteroatoms. The first-order valence-corrected chi connectivity index (χ1v) is 11.9. The molecular weight excluding hydrogens is 418 g/mol. The number of aromatic nitrogens is 1. The summed E-state index contributed by atoms with van der Waals surface area (Å²) in [4.78, 5) is 19.1. The van der Waals surface area contributed by atoms with Crippen molar-refractivity contribution in [3.05, 3.63) is 53.7 Å². The first-order chi connectivity index (χ1) is 15.8. The van der Waals surface area contributed by atoms with Crippen molar-refractivity contribution in [3.63, 3.8) is 0 Å². The zero-order chi connectivity index (χ0) is 23.0. The number of carbonyl (C=O) groups is 1. The molecule has 4 heterocycles. The predicted molar refractivity (Wildman–Crippen MR) is 124 cm³/mol. The monoisotopic (exact) mass is 451 g/mol. The van der Waals surface area contributed by atoms with Gasteiger partial charge < -0.3 is 19.5 Å². The van der Waals surface area contributed by atoms with Crippen molar-refractivity contribution in [1.82, 2.24) is 15.2 Å². The van der Waals surface area contributed by atoms with E-state index in [0.29, 0.717) is 30.3 Å². The number of rotatable bonds is 4. The Morgan fingerprint density at radius 3 is 2.58 bits per heavy atom. The van der Waals surface area contributed by atoms with Gasteiger partial charge in [0.1, 0.15) is 12.2 Å². The van der Waals surface area contributed by atoms with Crippen molar-refractivity contribution in [2.24, 2.45) is 0 Å². The van der Waals surface area contributed by atoms with Crippen LogP contribution in [-0.2, 0) is 11.3 Å². The molecule has 4 atom stereocenters. The van der Waals surface area contributed by atoms with E-state index < -0.39 is 5.60 Å². The van der Waals surface area contributed by atoms with Crippen LogP contribution in [0.15, 0.2) is 42.6 Å². The van der Waals surface area contributed by atoms with Crippen molar-refractivity contribution in [2.75, 3.05) is 6.61 Å². The summed E-state index contributed by atoms with van der Waals surface area (Å²) in [6, 6.07) is 13.6. The van der Waals surface area contributed by atoms with E-state index in [9.17, 15) is 4.79 Å². The van der Waals surface area contributed by atoms with Crippen LogP contribution in [0.25, 0.3) is 0 Å². The molecule has 2 fully saturated rings. The van der Waals surface area contributed by atoms with Crippen LogP contribution in [0.4, 0.5) is 4.79 Å². The van der Waals surface area contributed by atoms with E-state index in [4.69, 9.17) is 14.2 Å². The van der Waals surface area contributed by atoms with Gasteiger partial charge in [-0.05, 0) is 69.7 Å². The summed E-state index contributed by atoms with van der Waals surface area (Å²) in [5.41, 5.74) is 1.92. The number of fused-ring (bicyclic) bond motifs is 3. The third-order valence-corrected chi connectivity index (χ3v) is 6.70. The molecule has 3 aliphatic heterocycles. The van der Waals surface area contributed by atoms with Crippen LogP contribution in [0.3, 0.4) is 0 Å². The molecule has 2 bridgehead atoms. The van der Waals surface area contributed by atoms with Crippen LogP contribution in [0.1, 0.15) is 63.7 Å². The Labute approximate surface area is 195 Å². The lowest BCUT2D eigenvalue weighted by molar-refractivity contribution is 0.0436. The number of pyridine rings is 1. The largest absolute Gasteiger partial charge is 0.484 e. The topological polar surface area (TPSA) is 72.9 Å². The Balaban J connectivity index is 1.17. The highest BCUT2D eigenvalue weighted by Gasteiger charge is 2.41. The molecule has 0 aliphatic carbocycles. The molecule has 3 aliphatic rings. The fourth-order valence-corrected chi connectivity index (χ4v) is 5.25. The van der Waals surface area contributed by atoms with Crippen LogP contribution in [0.5, 0.6) is 11.6 Å². The van der Waals surface area contributed by atoms with E-state index in [1.807, 2.05) is 32.9 Å². The lowest BCUT2D eigenvalue weighted by Gasteiger charge is -2.39. The van der Waals surface area contributed by atoms with Crippen LogP contribution in [-0.4, -0.2) is 46.3 Å². The van der Waals surface area contributed by atoms with Gasteiger partial charge in [0.15, 0.2) is 11.9 Å². The average Bonchev–Trinajstić information content (AvgIpc) is 3.00. The molecule has 2 saturated heterocycles. The molecule has 0 saturated carbocycles. The number of hydrogen-bond donors (Lipinski definition) is 1. The molecule has 1 aromatic heterocycles. The maximum absolute atomic E-state index is 12.2. The van der Waals surface area contributed by atoms with Crippen molar-refractivity contribution in [1.29, 1.82) is 0 Å². The third-order valence-electron chi connectivity index (χ3n) is 6.70. The summed E-state index contributed by atoms with van der Waals surface area (Å²) in [5.74, 6) is 1.25. The molecule has 0 spiro atoms. The molecule has 7 nitrogen and oxygen atoms in total. The summed E-state index contributed by atoms with van der Waals surface area (Å²) in [6.45, 7) is 7.11. The fraction of sp³-hybridized carbons (Fsp3) is 0.538. The number of hydrogen-bond acceptors (Lipinski definition) is 6. The van der Waals surface area contributed by atoms with E-state index >= 15 is 0 Å². The van der Waals surface area contributed by atoms with Crippen LogP contribution >= 0.6 is 0 Å². The highest BCUT2D eigenvalue weighted by Crippen LogP contribution is 2.38. The molecule has 176 valence electrons. The van der Waals surface area contributed by atoms with Gasteiger partial charge in [-0.1, -0.05) is 24.3 Å². The lowest BCUT2D eigenvalue weighted by atomic mass is 9.96. The van der Waals surface area contributed by atoms with Gasteiger partial charge in [-0.3, -0.25) is 4.90 Å². The number of benzene rings is 1. The minimum Gasteiger partial charge on any atom is -0.484 e. The van der Waals surface area contributed by atoms with Gasteiger partial charge in [-0.25, -0.2) is 9.78 Å². The SMILES string of the molecule is CC(C)(C)OC(=O)NC1CC2CC[C@H](C1)N2Cc1ccc([C@H]2COc3cccnc3O2)cc1. The van der Waals surface area contributed by atoms with E-state index in [0.717, 1.165) is 24.9 Å². The smallest absolute Gasteiger partial charge is 0.407 e. The second-order valence-electron chi connectivity index (χ2n) is 10.3. The van der Waals surface area contributed by atoms with Gasteiger partial charge in [0.2, 0.25) is 0 Å². The van der Waals surface area contributed by atoms with Crippen LogP contribution in [0.2, 0.25) is 0 Å². The van der Waals surface area contributed by atoms with Gasteiger partial charge in [0.25, 0.3) is 5.88 Å². The average molecular weight is 452 g/mol. The molecule has 1 N–H and O–H groups in total. The highest BCUT2D eigenvalue weighted by atomic mass is 16.6. The zero-order valence-corrected chi connectivity index (χ0v) is 19.6. The second-order valence-corrected chi connectivity index (χ2v) is 10.3. The molecule has 1 amide bonds. The number of nitrogens with one attached hydrogen (secondary N) is 1. The number of alkyl carbamates (subject to hydrolysis) is 1. The van der Waals surface area contributed by atoms with Crippen LogP contribution < -0.4 is 14.8 Å². The fourth-order valence-electron chi connectivity index (χ4n) is 5.25. The van der Waals surface area contributed by atoms with E-state index in [1.54, 1.807) is 6.20 Å². The first-order valence-electron chi connectivity index (χ1n) is 11.9. The van der Waals surface area contributed by atoms with E-state index in [2.05, 4.69) is 39.5 Å². The maximum atomic E-state index is 12.2. The van der Waals surface area contributed by atoms with Gasteiger partial charge in [-0.2, -0.15) is 0 Å². The Hall–Kier alpha value is -2.80. The van der Waals surface area contributed by atoms with Crippen molar-refractivity contribution >= 4 is 6.09 Å². The van der Waals surface area contributed by atoms with Crippen molar-refractivity contribution in [3.8, 4) is 11.6 Å². The Kier molecular flexibility index (Phi) is 5.91. The predicted octanol–water partition coefficient (Wildman–Crippen LogP) is 4.61. The van der Waals surface area contributed by atoms with Gasteiger partial charge in [-0.15, -0.1) is 0 Å². The summed E-state index contributed by atoms with van der Waals surface area (Å²) < 4.78 is 17.3. The number of ether oxygens (including phenoxy) is 3. The summed E-state index contributed by atoms with van der Waals surface area (Å²) in [7, 11) is 0. The molecular formula is C26H33N3O4. The quantitative estimate of drug-likeness (QED) is 0.732. The first kappa shape index (κ1) is 22.0. The van der Waals surface area contributed by atoms with Crippen molar-refractivity contribution in [2.45, 2.75) is 82.8 Å². The van der Waals surface area contributed by atoms with Gasteiger partial charge in [0.05, 0.1) is 0 Å². The van der Waals surface area contributed by atoms with Gasteiger partial charge in [0, 0.05) is 30.9 Å². The highest BCUT2D eigenvalue weighted by molar-refractivity contribution is 5.68. The standard InChI is InChI=1S/C26H33N3O4/c1-26(2,3)33-25(30)28-19-13-20-10-11-21(14-19)29(20)15-17-6-8-18(9-7-17)23-16-31-22-5-4-12-27-24(22)32-23/h4-9,12,19-21,23H,10-11,13-16H2,1-3H3,(H,28,30)/t19?,20-,21?,23-/m1/s1. The third kappa shape index (κ3) is 5.08. The number of nitrogens with zero attached hydrogens (tertiary/aromatic N) is 2. The molecule has 2 unspecified atom stereocenters. The van der Waals surface area contributed by atoms with E-state index in [-0.39, 0.29) is 18.2 Å². The molecule has 2 aromatic rings. The molecule has 33 heavy (non-hydrogen) atoms. The molecule has 5 rings (SSSR count). The maximum Gasteiger partial charge on any atom is 0.407 e. The summed E-state index contributed by atoms with van der Waals surface area (Å²) in [5, 5.41) is 3.09. The Bertz CT molecular complexity index is 974. The van der Waals surface area contributed by atoms with Gasteiger partial charge >= 0.3 is 6.09 Å².